The molecule has 0 amide bonds. The second kappa shape index (κ2) is 9.61. The Morgan fingerprint density at radius 2 is 1.93 bits per heavy atom. The average Bonchev–Trinajstić information content (AvgIpc) is 2.59. The van der Waals surface area contributed by atoms with Crippen molar-refractivity contribution in [1.29, 1.82) is 0 Å². The number of hydrogen-bond acceptors (Lipinski definition) is 8. The van der Waals surface area contributed by atoms with E-state index in [-0.39, 0.29) is 49.0 Å². The van der Waals surface area contributed by atoms with Gasteiger partial charge < -0.3 is 24.5 Å². The fraction of sp³-hybridized carbons (Fsp3) is 0.474. The van der Waals surface area contributed by atoms with E-state index >= 15 is 0 Å². The van der Waals surface area contributed by atoms with Gasteiger partial charge >= 0.3 is 5.63 Å². The van der Waals surface area contributed by atoms with Crippen LogP contribution in [0.3, 0.4) is 0 Å². The van der Waals surface area contributed by atoms with Gasteiger partial charge in [-0.1, -0.05) is 0 Å². The molecule has 2 rings (SSSR count). The Bertz CT molecular complexity index is 840. The van der Waals surface area contributed by atoms with Crippen molar-refractivity contribution in [3.05, 3.63) is 39.7 Å². The van der Waals surface area contributed by atoms with Gasteiger partial charge in [0.1, 0.15) is 24.0 Å². The van der Waals surface area contributed by atoms with Crippen LogP contribution in [0.15, 0.2) is 27.4 Å². The molecule has 0 fully saturated rings. The summed E-state index contributed by atoms with van der Waals surface area (Å²) in [5.74, 6) is -0.0975. The molecule has 8 nitrogen and oxygen atoms in total. The normalized spacial score (nSPS) is 12.5. The summed E-state index contributed by atoms with van der Waals surface area (Å²) in [5, 5.41) is 28.9. The first kappa shape index (κ1) is 21.0. The van der Waals surface area contributed by atoms with Crippen molar-refractivity contribution < 1.29 is 29.3 Å². The summed E-state index contributed by atoms with van der Waals surface area (Å²) >= 11 is 0. The lowest BCUT2D eigenvalue weighted by Crippen LogP contribution is -2.39. The fourth-order valence-corrected chi connectivity index (χ4v) is 2.93. The summed E-state index contributed by atoms with van der Waals surface area (Å²) in [7, 11) is 0. The van der Waals surface area contributed by atoms with Crippen LogP contribution in [-0.2, 0) is 0 Å². The second-order valence-electron chi connectivity index (χ2n) is 6.33. The highest BCUT2D eigenvalue weighted by molar-refractivity contribution is 6.07. The van der Waals surface area contributed by atoms with Crippen LogP contribution >= 0.6 is 0 Å². The Morgan fingerprint density at radius 3 is 2.52 bits per heavy atom. The molecule has 1 heterocycles. The molecule has 0 aliphatic heterocycles. The van der Waals surface area contributed by atoms with E-state index in [9.17, 15) is 14.7 Å². The minimum Gasteiger partial charge on any atom is -0.490 e. The molecule has 0 spiro atoms. The van der Waals surface area contributed by atoms with Crippen molar-refractivity contribution in [3.8, 4) is 5.75 Å². The van der Waals surface area contributed by atoms with Gasteiger partial charge in [0.25, 0.3) is 0 Å². The maximum atomic E-state index is 12.1. The second-order valence-corrected chi connectivity index (χ2v) is 6.33. The molecule has 2 aromatic rings. The molecule has 1 unspecified atom stereocenters. The van der Waals surface area contributed by atoms with Crippen molar-refractivity contribution in [1.82, 2.24) is 4.90 Å². The maximum absolute atomic E-state index is 12.1. The highest BCUT2D eigenvalue weighted by atomic mass is 16.5. The lowest BCUT2D eigenvalue weighted by molar-refractivity contribution is 0.0548. The first-order valence-corrected chi connectivity index (χ1v) is 8.70. The van der Waals surface area contributed by atoms with Crippen LogP contribution in [0.2, 0.25) is 0 Å². The first-order valence-electron chi connectivity index (χ1n) is 8.70. The lowest BCUT2D eigenvalue weighted by atomic mass is 10.0. The Labute approximate surface area is 156 Å². The standard InChI is InChI=1S/C19H25NO7/c1-12-9-17(25)27-19-15(12)3-4-16(18(19)13(2)23)26-11-14(24)10-20(5-7-21)6-8-22/h3-4,9,14,21-22,24H,5-8,10-11H2,1-2H3. The Hall–Kier alpha value is -2.26. The van der Waals surface area contributed by atoms with Crippen LogP contribution in [0.1, 0.15) is 22.8 Å². The molecule has 0 radical (unpaired) electrons. The largest absolute Gasteiger partial charge is 0.490 e. The first-order chi connectivity index (χ1) is 12.9. The topological polar surface area (TPSA) is 120 Å². The maximum Gasteiger partial charge on any atom is 0.336 e. The molecule has 0 aliphatic carbocycles. The quantitative estimate of drug-likeness (QED) is 0.399. The van der Waals surface area contributed by atoms with Gasteiger partial charge in [-0.25, -0.2) is 4.79 Å². The van der Waals surface area contributed by atoms with Gasteiger partial charge in [-0.2, -0.15) is 0 Å². The van der Waals surface area contributed by atoms with Crippen LogP contribution in [-0.4, -0.2) is 71.6 Å². The number of carbonyl (C=O) groups is 1. The van der Waals surface area contributed by atoms with Gasteiger partial charge in [-0.05, 0) is 31.5 Å². The Morgan fingerprint density at radius 1 is 1.26 bits per heavy atom. The summed E-state index contributed by atoms with van der Waals surface area (Å²) in [6, 6.07) is 4.66. The SMILES string of the molecule is CC(=O)c1c(OCC(O)CN(CCO)CCO)ccc2c(C)cc(=O)oc12. The number of rotatable bonds is 10. The lowest BCUT2D eigenvalue weighted by Gasteiger charge is -2.23. The van der Waals surface area contributed by atoms with Crippen molar-refractivity contribution >= 4 is 16.8 Å². The molecule has 1 aromatic heterocycles. The van der Waals surface area contributed by atoms with E-state index in [0.717, 1.165) is 0 Å². The van der Waals surface area contributed by atoms with Crippen molar-refractivity contribution in [2.24, 2.45) is 0 Å². The summed E-state index contributed by atoms with van der Waals surface area (Å²) in [4.78, 5) is 25.5. The molecule has 8 heteroatoms. The third-order valence-corrected chi connectivity index (χ3v) is 4.17. The molecule has 1 aromatic carbocycles. The molecule has 148 valence electrons. The smallest absolute Gasteiger partial charge is 0.336 e. The molecule has 1 atom stereocenters. The summed E-state index contributed by atoms with van der Waals surface area (Å²) in [6.07, 6.45) is -0.900. The van der Waals surface area contributed by atoms with Crippen molar-refractivity contribution in [2.75, 3.05) is 39.5 Å². The van der Waals surface area contributed by atoms with Crippen molar-refractivity contribution in [2.45, 2.75) is 20.0 Å². The predicted molar refractivity (Wildman–Crippen MR) is 99.3 cm³/mol. The van der Waals surface area contributed by atoms with Gasteiger partial charge in [0, 0.05) is 31.1 Å². The third-order valence-electron chi connectivity index (χ3n) is 4.17. The third kappa shape index (κ3) is 5.36. The van der Waals surface area contributed by atoms with E-state index in [2.05, 4.69) is 0 Å². The summed E-state index contributed by atoms with van der Waals surface area (Å²) in [5.41, 5.74) is 0.465. The van der Waals surface area contributed by atoms with Gasteiger partial charge in [0.15, 0.2) is 11.4 Å². The van der Waals surface area contributed by atoms with Gasteiger partial charge in [-0.3, -0.25) is 9.69 Å². The molecule has 3 N–H and O–H groups in total. The number of Topliss-reactive ketones (excluding diaryl/α,β-unsaturated/α-hetero) is 1. The van der Waals surface area contributed by atoms with E-state index < -0.39 is 11.7 Å². The zero-order chi connectivity index (χ0) is 20.0. The van der Waals surface area contributed by atoms with E-state index in [1.54, 1.807) is 24.0 Å². The Kier molecular flexibility index (Phi) is 7.49. The fourth-order valence-electron chi connectivity index (χ4n) is 2.93. The zero-order valence-corrected chi connectivity index (χ0v) is 15.5. The monoisotopic (exact) mass is 379 g/mol. The number of ether oxygens (including phenoxy) is 1. The van der Waals surface area contributed by atoms with Crippen LogP contribution in [0.5, 0.6) is 5.75 Å². The molecule has 0 aliphatic rings. The summed E-state index contributed by atoms with van der Waals surface area (Å²) in [6.45, 7) is 3.64. The number of fused-ring (bicyclic) bond motifs is 1. The highest BCUT2D eigenvalue weighted by Crippen LogP contribution is 2.29. The molecular formula is C19H25NO7. The number of aliphatic hydroxyl groups is 3. The van der Waals surface area contributed by atoms with E-state index in [1.165, 1.54) is 13.0 Å². The van der Waals surface area contributed by atoms with Gasteiger partial charge in [0.2, 0.25) is 0 Å². The molecule has 0 bridgehead atoms. The van der Waals surface area contributed by atoms with Crippen molar-refractivity contribution in [3.63, 3.8) is 0 Å². The van der Waals surface area contributed by atoms with Crippen LogP contribution in [0.4, 0.5) is 0 Å². The van der Waals surface area contributed by atoms with Crippen LogP contribution < -0.4 is 10.4 Å². The number of ketones is 1. The highest BCUT2D eigenvalue weighted by Gasteiger charge is 2.19. The number of benzene rings is 1. The number of nitrogens with zero attached hydrogens (tertiary/aromatic N) is 1. The van der Waals surface area contributed by atoms with Gasteiger partial charge in [0.05, 0.1) is 13.2 Å². The van der Waals surface area contributed by atoms with E-state index in [0.29, 0.717) is 24.0 Å². The molecular weight excluding hydrogens is 354 g/mol. The van der Waals surface area contributed by atoms with E-state index in [4.69, 9.17) is 19.4 Å². The minimum atomic E-state index is -0.900. The summed E-state index contributed by atoms with van der Waals surface area (Å²) < 4.78 is 10.8. The van der Waals surface area contributed by atoms with Crippen LogP contribution in [0.25, 0.3) is 11.0 Å². The van der Waals surface area contributed by atoms with Gasteiger partial charge in [-0.15, -0.1) is 0 Å². The van der Waals surface area contributed by atoms with Crippen LogP contribution in [0, 0.1) is 6.92 Å². The predicted octanol–water partition coefficient (Wildman–Crippen LogP) is 0.330. The number of carbonyl (C=O) groups excluding carboxylic acids is 1. The van der Waals surface area contributed by atoms with E-state index in [1.807, 2.05) is 0 Å². The Balaban J connectivity index is 2.22. The number of aryl methyl sites for hydroxylation is 1. The number of aliphatic hydroxyl groups excluding tert-OH is 3. The zero-order valence-electron chi connectivity index (χ0n) is 15.5. The minimum absolute atomic E-state index is 0.0921. The molecule has 27 heavy (non-hydrogen) atoms. The average molecular weight is 379 g/mol. The number of hydrogen-bond donors (Lipinski definition) is 3. The molecule has 0 saturated carbocycles. The molecule has 0 saturated heterocycles.